The summed E-state index contributed by atoms with van der Waals surface area (Å²) in [4.78, 5) is 13.9. The lowest BCUT2D eigenvalue weighted by Gasteiger charge is -2.17. The monoisotopic (exact) mass is 233 g/mol. The second-order valence-corrected chi connectivity index (χ2v) is 4.39. The Morgan fingerprint density at radius 1 is 1.41 bits per heavy atom. The number of hydrogen-bond donors (Lipinski definition) is 0. The molecule has 0 aliphatic carbocycles. The van der Waals surface area contributed by atoms with Gasteiger partial charge < -0.3 is 4.90 Å². The number of carbonyl (C=O) groups is 1. The molecule has 0 aromatic heterocycles. The average molecular weight is 233 g/mol. The molecule has 1 fully saturated rings. The van der Waals surface area contributed by atoms with E-state index in [1.165, 1.54) is 12.1 Å². The predicted molar refractivity (Wildman–Crippen MR) is 66.4 cm³/mol. The Balaban J connectivity index is 2.35. The molecule has 2 rings (SSSR count). The van der Waals surface area contributed by atoms with E-state index >= 15 is 0 Å². The van der Waals surface area contributed by atoms with Crippen molar-refractivity contribution in [3.05, 3.63) is 41.2 Å². The van der Waals surface area contributed by atoms with Gasteiger partial charge in [0.25, 0.3) is 5.91 Å². The number of rotatable bonds is 2. The van der Waals surface area contributed by atoms with Gasteiger partial charge in [0, 0.05) is 24.2 Å². The Hall–Kier alpha value is -1.64. The summed E-state index contributed by atoms with van der Waals surface area (Å²) in [6.07, 6.45) is 3.54. The highest BCUT2D eigenvalue weighted by Gasteiger charge is 2.21. The van der Waals surface area contributed by atoms with Crippen molar-refractivity contribution in [2.45, 2.75) is 19.8 Å². The SMILES string of the molecule is C=Cc1cc(C)c(C(=O)N2CCCC2)cc1F. The lowest BCUT2D eigenvalue weighted by atomic mass is 10.0. The van der Waals surface area contributed by atoms with Crippen LogP contribution >= 0.6 is 0 Å². The van der Waals surface area contributed by atoms with E-state index in [9.17, 15) is 9.18 Å². The Kier molecular flexibility index (Phi) is 3.27. The van der Waals surface area contributed by atoms with E-state index in [-0.39, 0.29) is 11.7 Å². The highest BCUT2D eigenvalue weighted by atomic mass is 19.1. The first kappa shape index (κ1) is 11.8. The minimum atomic E-state index is -0.381. The van der Waals surface area contributed by atoms with Gasteiger partial charge in [0.2, 0.25) is 0 Å². The molecule has 0 spiro atoms. The maximum atomic E-state index is 13.6. The molecule has 2 nitrogen and oxygen atoms in total. The highest BCUT2D eigenvalue weighted by Crippen LogP contribution is 2.20. The molecule has 1 aliphatic heterocycles. The normalized spacial score (nSPS) is 15.1. The zero-order chi connectivity index (χ0) is 12.4. The number of aryl methyl sites for hydroxylation is 1. The summed E-state index contributed by atoms with van der Waals surface area (Å²) in [5, 5.41) is 0. The van der Waals surface area contributed by atoms with E-state index in [1.54, 1.807) is 11.0 Å². The number of halogens is 1. The lowest BCUT2D eigenvalue weighted by molar-refractivity contribution is 0.0791. The summed E-state index contributed by atoms with van der Waals surface area (Å²) in [5.41, 5.74) is 1.72. The molecule has 0 atom stereocenters. The van der Waals surface area contributed by atoms with Crippen LogP contribution in [0.15, 0.2) is 18.7 Å². The van der Waals surface area contributed by atoms with Crippen LogP contribution < -0.4 is 0 Å². The predicted octanol–water partition coefficient (Wildman–Crippen LogP) is 3.01. The number of benzene rings is 1. The number of hydrogen-bond acceptors (Lipinski definition) is 1. The molecule has 1 aliphatic rings. The van der Waals surface area contributed by atoms with Crippen molar-refractivity contribution >= 4 is 12.0 Å². The van der Waals surface area contributed by atoms with E-state index in [1.807, 2.05) is 6.92 Å². The van der Waals surface area contributed by atoms with Gasteiger partial charge in [-0.3, -0.25) is 4.79 Å². The number of amides is 1. The lowest BCUT2D eigenvalue weighted by Crippen LogP contribution is -2.28. The van der Waals surface area contributed by atoms with Crippen LogP contribution in [0.1, 0.15) is 34.3 Å². The number of carbonyl (C=O) groups excluding carboxylic acids is 1. The molecular weight excluding hydrogens is 217 g/mol. The Morgan fingerprint density at radius 3 is 2.65 bits per heavy atom. The molecule has 0 saturated carbocycles. The third-order valence-electron chi connectivity index (χ3n) is 3.19. The molecule has 0 bridgehead atoms. The van der Waals surface area contributed by atoms with Crippen molar-refractivity contribution in [2.75, 3.05) is 13.1 Å². The smallest absolute Gasteiger partial charge is 0.254 e. The first-order chi connectivity index (χ1) is 8.13. The van der Waals surface area contributed by atoms with E-state index in [4.69, 9.17) is 0 Å². The molecule has 90 valence electrons. The molecule has 1 aromatic carbocycles. The molecule has 1 aromatic rings. The third kappa shape index (κ3) is 2.23. The summed E-state index contributed by atoms with van der Waals surface area (Å²) in [7, 11) is 0. The van der Waals surface area contributed by atoms with Crippen LogP contribution in [0.5, 0.6) is 0 Å². The van der Waals surface area contributed by atoms with E-state index in [2.05, 4.69) is 6.58 Å². The maximum absolute atomic E-state index is 13.6. The van der Waals surface area contributed by atoms with Crippen molar-refractivity contribution < 1.29 is 9.18 Å². The Labute approximate surface area is 101 Å². The minimum Gasteiger partial charge on any atom is -0.339 e. The van der Waals surface area contributed by atoms with Crippen molar-refractivity contribution in [2.24, 2.45) is 0 Å². The van der Waals surface area contributed by atoms with Crippen LogP contribution in [0.4, 0.5) is 4.39 Å². The average Bonchev–Trinajstić information content (AvgIpc) is 2.84. The van der Waals surface area contributed by atoms with Crippen molar-refractivity contribution in [1.29, 1.82) is 0 Å². The van der Waals surface area contributed by atoms with Crippen LogP contribution in [0.2, 0.25) is 0 Å². The van der Waals surface area contributed by atoms with E-state index in [0.29, 0.717) is 11.1 Å². The standard InChI is InChI=1S/C14H16FNO/c1-3-11-8-10(2)12(9-13(11)15)14(17)16-6-4-5-7-16/h3,8-9H,1,4-7H2,2H3. The fourth-order valence-electron chi connectivity index (χ4n) is 2.18. The third-order valence-corrected chi connectivity index (χ3v) is 3.19. The number of likely N-dealkylation sites (tertiary alicyclic amines) is 1. The van der Waals surface area contributed by atoms with Gasteiger partial charge in [-0.25, -0.2) is 4.39 Å². The van der Waals surface area contributed by atoms with Crippen LogP contribution in [-0.2, 0) is 0 Å². The van der Waals surface area contributed by atoms with Gasteiger partial charge in [0.1, 0.15) is 5.82 Å². The van der Waals surface area contributed by atoms with Crippen molar-refractivity contribution in [3.63, 3.8) is 0 Å². The first-order valence-electron chi connectivity index (χ1n) is 5.85. The molecule has 0 unspecified atom stereocenters. The molecule has 17 heavy (non-hydrogen) atoms. The van der Waals surface area contributed by atoms with Crippen molar-refractivity contribution in [1.82, 2.24) is 4.90 Å². The zero-order valence-corrected chi connectivity index (χ0v) is 10.0. The van der Waals surface area contributed by atoms with Gasteiger partial charge in [-0.05, 0) is 37.5 Å². The minimum absolute atomic E-state index is 0.0606. The molecule has 0 radical (unpaired) electrons. The zero-order valence-electron chi connectivity index (χ0n) is 10.0. The topological polar surface area (TPSA) is 20.3 Å². The van der Waals surface area contributed by atoms with E-state index < -0.39 is 0 Å². The van der Waals surface area contributed by atoms with Gasteiger partial charge in [-0.2, -0.15) is 0 Å². The Morgan fingerprint density at radius 2 is 2.06 bits per heavy atom. The summed E-state index contributed by atoms with van der Waals surface area (Å²) >= 11 is 0. The van der Waals surface area contributed by atoms with Crippen LogP contribution in [-0.4, -0.2) is 23.9 Å². The highest BCUT2D eigenvalue weighted by molar-refractivity contribution is 5.96. The van der Waals surface area contributed by atoms with Crippen LogP contribution in [0.3, 0.4) is 0 Å². The fraction of sp³-hybridized carbons (Fsp3) is 0.357. The van der Waals surface area contributed by atoms with Gasteiger partial charge in [0.15, 0.2) is 0 Å². The molecule has 0 N–H and O–H groups in total. The summed E-state index contributed by atoms with van der Waals surface area (Å²) < 4.78 is 13.6. The first-order valence-corrected chi connectivity index (χ1v) is 5.85. The second kappa shape index (κ2) is 4.70. The maximum Gasteiger partial charge on any atom is 0.254 e. The van der Waals surface area contributed by atoms with Gasteiger partial charge in [0.05, 0.1) is 0 Å². The summed E-state index contributed by atoms with van der Waals surface area (Å²) in [5.74, 6) is -0.442. The molecule has 1 saturated heterocycles. The molecule has 1 amide bonds. The van der Waals surface area contributed by atoms with Gasteiger partial charge >= 0.3 is 0 Å². The molecule has 3 heteroatoms. The van der Waals surface area contributed by atoms with Crippen LogP contribution in [0, 0.1) is 12.7 Å². The second-order valence-electron chi connectivity index (χ2n) is 4.39. The van der Waals surface area contributed by atoms with Gasteiger partial charge in [-0.15, -0.1) is 0 Å². The molecular formula is C14H16FNO. The van der Waals surface area contributed by atoms with Crippen molar-refractivity contribution in [3.8, 4) is 0 Å². The summed E-state index contributed by atoms with van der Waals surface area (Å²) in [6.45, 7) is 6.94. The Bertz CT molecular complexity index is 462. The number of nitrogens with zero attached hydrogens (tertiary/aromatic N) is 1. The quantitative estimate of drug-likeness (QED) is 0.769. The molecule has 1 heterocycles. The summed E-state index contributed by atoms with van der Waals surface area (Å²) in [6, 6.07) is 3.00. The van der Waals surface area contributed by atoms with E-state index in [0.717, 1.165) is 31.5 Å². The van der Waals surface area contributed by atoms with Gasteiger partial charge in [-0.1, -0.05) is 12.7 Å². The van der Waals surface area contributed by atoms with Crippen LogP contribution in [0.25, 0.3) is 6.08 Å². The fourth-order valence-corrected chi connectivity index (χ4v) is 2.18. The largest absolute Gasteiger partial charge is 0.339 e.